The molecule has 2 aromatic rings. The molecule has 14 heavy (non-hydrogen) atoms. The third-order valence-corrected chi connectivity index (χ3v) is 3.16. The van der Waals surface area contributed by atoms with Gasteiger partial charge in [-0.15, -0.1) is 0 Å². The van der Waals surface area contributed by atoms with E-state index in [1.807, 2.05) is 6.26 Å². The fourth-order valence-corrected chi connectivity index (χ4v) is 2.42. The van der Waals surface area contributed by atoms with Gasteiger partial charge >= 0.3 is 0 Å². The first-order chi connectivity index (χ1) is 6.77. The number of furan rings is 1. The van der Waals surface area contributed by atoms with Crippen LogP contribution in [0.5, 0.6) is 0 Å². The molecule has 0 aliphatic heterocycles. The highest BCUT2D eigenvalue weighted by molar-refractivity contribution is 5.86. The second-order valence-corrected chi connectivity index (χ2v) is 4.36. The minimum Gasteiger partial charge on any atom is -0.464 e. The predicted octanol–water partition coefficient (Wildman–Crippen LogP) is 3.93. The molecule has 1 nitrogen and oxygen atoms in total. The molecule has 1 aliphatic rings. The Morgan fingerprint density at radius 3 is 2.71 bits per heavy atom. The van der Waals surface area contributed by atoms with Crippen LogP contribution in [-0.4, -0.2) is 0 Å². The quantitative estimate of drug-likeness (QED) is 0.657. The van der Waals surface area contributed by atoms with Gasteiger partial charge < -0.3 is 4.42 Å². The van der Waals surface area contributed by atoms with E-state index in [0.717, 1.165) is 11.5 Å². The summed E-state index contributed by atoms with van der Waals surface area (Å²) in [6, 6.07) is 4.36. The predicted molar refractivity (Wildman–Crippen MR) is 57.7 cm³/mol. The normalized spacial score (nSPS) is 16.4. The number of rotatable bonds is 1. The van der Waals surface area contributed by atoms with E-state index < -0.39 is 0 Å². The van der Waals surface area contributed by atoms with Crippen LogP contribution in [0, 0.1) is 13.8 Å². The molecule has 1 fully saturated rings. The lowest BCUT2D eigenvalue weighted by Gasteiger charge is -2.07. The van der Waals surface area contributed by atoms with Gasteiger partial charge in [0.25, 0.3) is 0 Å². The molecule has 3 rings (SSSR count). The monoisotopic (exact) mass is 186 g/mol. The summed E-state index contributed by atoms with van der Waals surface area (Å²) < 4.78 is 5.52. The standard InChI is InChI=1S/C13H14O/c1-8-7-9(2)13-11(5-6-14-13)12(8)10-3-4-10/h5-7,10H,3-4H2,1-2H3. The molecule has 72 valence electrons. The van der Waals surface area contributed by atoms with Crippen molar-refractivity contribution >= 4 is 11.0 Å². The van der Waals surface area contributed by atoms with Gasteiger partial charge in [0.15, 0.2) is 0 Å². The molecule has 1 heterocycles. The Morgan fingerprint density at radius 1 is 1.21 bits per heavy atom. The molecule has 0 unspecified atom stereocenters. The van der Waals surface area contributed by atoms with Gasteiger partial charge in [-0.05, 0) is 55.4 Å². The Bertz CT molecular complexity index is 489. The highest BCUT2D eigenvalue weighted by Crippen LogP contribution is 2.45. The fraction of sp³-hybridized carbons (Fsp3) is 0.385. The van der Waals surface area contributed by atoms with E-state index in [-0.39, 0.29) is 0 Å². The summed E-state index contributed by atoms with van der Waals surface area (Å²) >= 11 is 0. The fourth-order valence-electron chi connectivity index (χ4n) is 2.42. The van der Waals surface area contributed by atoms with Crippen molar-refractivity contribution in [2.45, 2.75) is 32.6 Å². The Kier molecular flexibility index (Phi) is 1.52. The number of hydrogen-bond acceptors (Lipinski definition) is 1. The summed E-state index contributed by atoms with van der Waals surface area (Å²) in [5.41, 5.74) is 5.29. The van der Waals surface area contributed by atoms with Gasteiger partial charge in [0.2, 0.25) is 0 Å². The van der Waals surface area contributed by atoms with Crippen LogP contribution in [0.3, 0.4) is 0 Å². The van der Waals surface area contributed by atoms with Gasteiger partial charge in [-0.25, -0.2) is 0 Å². The number of hydrogen-bond donors (Lipinski definition) is 0. The number of benzene rings is 1. The summed E-state index contributed by atoms with van der Waals surface area (Å²) in [5, 5.41) is 1.34. The molecular formula is C13H14O. The molecule has 0 spiro atoms. The summed E-state index contributed by atoms with van der Waals surface area (Å²) in [5.74, 6) is 0.802. The zero-order valence-electron chi connectivity index (χ0n) is 8.63. The Labute approximate surface area is 83.7 Å². The van der Waals surface area contributed by atoms with Crippen LogP contribution in [0.2, 0.25) is 0 Å². The zero-order chi connectivity index (χ0) is 9.71. The largest absolute Gasteiger partial charge is 0.464 e. The third-order valence-electron chi connectivity index (χ3n) is 3.16. The molecule has 1 aromatic carbocycles. The smallest absolute Gasteiger partial charge is 0.137 e. The Balaban J connectivity index is 2.39. The minimum absolute atomic E-state index is 0.802. The molecule has 1 aromatic heterocycles. The van der Waals surface area contributed by atoms with Crippen LogP contribution in [0.4, 0.5) is 0 Å². The van der Waals surface area contributed by atoms with Gasteiger partial charge in [-0.3, -0.25) is 0 Å². The van der Waals surface area contributed by atoms with Crippen molar-refractivity contribution in [2.24, 2.45) is 0 Å². The first-order valence-corrected chi connectivity index (χ1v) is 5.24. The van der Waals surface area contributed by atoms with Crippen LogP contribution in [-0.2, 0) is 0 Å². The second-order valence-electron chi connectivity index (χ2n) is 4.36. The first-order valence-electron chi connectivity index (χ1n) is 5.24. The maximum absolute atomic E-state index is 5.52. The lowest BCUT2D eigenvalue weighted by molar-refractivity contribution is 0.613. The van der Waals surface area contributed by atoms with E-state index >= 15 is 0 Å². The number of fused-ring (bicyclic) bond motifs is 1. The van der Waals surface area contributed by atoms with Crippen molar-refractivity contribution in [2.75, 3.05) is 0 Å². The SMILES string of the molecule is Cc1cc(C)c2occc2c1C1CC1. The zero-order valence-corrected chi connectivity index (χ0v) is 8.63. The third kappa shape index (κ3) is 1.02. The van der Waals surface area contributed by atoms with Gasteiger partial charge in [0, 0.05) is 5.39 Å². The van der Waals surface area contributed by atoms with Crippen LogP contribution in [0.15, 0.2) is 22.8 Å². The van der Waals surface area contributed by atoms with Crippen molar-refractivity contribution in [3.8, 4) is 0 Å². The second kappa shape index (κ2) is 2.63. The van der Waals surface area contributed by atoms with Gasteiger partial charge in [-0.1, -0.05) is 6.07 Å². The summed E-state index contributed by atoms with van der Waals surface area (Å²) in [4.78, 5) is 0. The van der Waals surface area contributed by atoms with Crippen molar-refractivity contribution in [1.82, 2.24) is 0 Å². The van der Waals surface area contributed by atoms with E-state index in [4.69, 9.17) is 4.42 Å². The maximum Gasteiger partial charge on any atom is 0.137 e. The molecule has 1 aliphatic carbocycles. The lowest BCUT2D eigenvalue weighted by Crippen LogP contribution is -1.88. The maximum atomic E-state index is 5.52. The van der Waals surface area contributed by atoms with E-state index in [2.05, 4.69) is 26.0 Å². The molecule has 0 atom stereocenters. The molecule has 1 heteroatoms. The Hall–Kier alpha value is -1.24. The number of aryl methyl sites for hydroxylation is 2. The first kappa shape index (κ1) is 8.10. The van der Waals surface area contributed by atoms with Crippen molar-refractivity contribution < 1.29 is 4.42 Å². The van der Waals surface area contributed by atoms with Crippen molar-refractivity contribution in [3.63, 3.8) is 0 Å². The summed E-state index contributed by atoms with van der Waals surface area (Å²) in [7, 11) is 0. The molecule has 0 radical (unpaired) electrons. The van der Waals surface area contributed by atoms with Crippen molar-refractivity contribution in [3.05, 3.63) is 35.1 Å². The highest BCUT2D eigenvalue weighted by atomic mass is 16.3. The average molecular weight is 186 g/mol. The molecular weight excluding hydrogens is 172 g/mol. The van der Waals surface area contributed by atoms with Crippen LogP contribution in [0.1, 0.15) is 35.4 Å². The summed E-state index contributed by atoms with van der Waals surface area (Å²) in [6.45, 7) is 4.34. The average Bonchev–Trinajstić information content (AvgIpc) is 2.81. The Morgan fingerprint density at radius 2 is 2.00 bits per heavy atom. The van der Waals surface area contributed by atoms with E-state index in [1.165, 1.54) is 34.9 Å². The van der Waals surface area contributed by atoms with E-state index in [9.17, 15) is 0 Å². The van der Waals surface area contributed by atoms with E-state index in [0.29, 0.717) is 0 Å². The molecule has 1 saturated carbocycles. The molecule has 0 bridgehead atoms. The highest BCUT2D eigenvalue weighted by Gasteiger charge is 2.27. The molecule has 0 saturated heterocycles. The topological polar surface area (TPSA) is 13.1 Å². The van der Waals surface area contributed by atoms with Gasteiger partial charge in [-0.2, -0.15) is 0 Å². The van der Waals surface area contributed by atoms with Gasteiger partial charge in [0.1, 0.15) is 5.58 Å². The minimum atomic E-state index is 0.802. The van der Waals surface area contributed by atoms with Gasteiger partial charge in [0.05, 0.1) is 6.26 Å². The summed E-state index contributed by atoms with van der Waals surface area (Å²) in [6.07, 6.45) is 4.51. The van der Waals surface area contributed by atoms with Crippen LogP contribution < -0.4 is 0 Å². The molecule has 0 amide bonds. The lowest BCUT2D eigenvalue weighted by atomic mass is 9.97. The van der Waals surface area contributed by atoms with E-state index in [1.54, 1.807) is 0 Å². The van der Waals surface area contributed by atoms with Crippen LogP contribution in [0.25, 0.3) is 11.0 Å². The van der Waals surface area contributed by atoms with Crippen molar-refractivity contribution in [1.29, 1.82) is 0 Å². The molecule has 0 N–H and O–H groups in total. The van der Waals surface area contributed by atoms with Crippen LogP contribution >= 0.6 is 0 Å².